The van der Waals surface area contributed by atoms with Crippen LogP contribution in [0.3, 0.4) is 0 Å². The van der Waals surface area contributed by atoms with Crippen molar-refractivity contribution in [1.29, 1.82) is 0 Å². The molecule has 1 aromatic carbocycles. The number of halogens is 1. The zero-order chi connectivity index (χ0) is 13.4. The van der Waals surface area contributed by atoms with Gasteiger partial charge in [-0.05, 0) is 38.0 Å². The fourth-order valence-electron chi connectivity index (χ4n) is 2.40. The van der Waals surface area contributed by atoms with E-state index >= 15 is 0 Å². The van der Waals surface area contributed by atoms with Gasteiger partial charge < -0.3 is 5.73 Å². The molecule has 1 aliphatic carbocycles. The van der Waals surface area contributed by atoms with E-state index in [2.05, 4.69) is 4.72 Å². The molecule has 0 unspecified atom stereocenters. The minimum absolute atomic E-state index is 0.0583. The van der Waals surface area contributed by atoms with E-state index in [9.17, 15) is 12.8 Å². The lowest BCUT2D eigenvalue weighted by Gasteiger charge is -2.25. The molecule has 1 aliphatic rings. The fourth-order valence-corrected chi connectivity index (χ4v) is 3.98. The van der Waals surface area contributed by atoms with E-state index in [4.69, 9.17) is 5.73 Å². The summed E-state index contributed by atoms with van der Waals surface area (Å²) in [5.41, 5.74) is 5.08. The van der Waals surface area contributed by atoms with Gasteiger partial charge >= 0.3 is 0 Å². The Morgan fingerprint density at radius 3 is 2.50 bits per heavy atom. The first-order valence-corrected chi connectivity index (χ1v) is 7.40. The van der Waals surface area contributed by atoms with E-state index in [-0.39, 0.29) is 10.6 Å². The summed E-state index contributed by atoms with van der Waals surface area (Å²) in [5.74, 6) is -0.543. The van der Waals surface area contributed by atoms with Crippen LogP contribution in [0.1, 0.15) is 32.6 Å². The number of benzene rings is 1. The predicted molar refractivity (Wildman–Crippen MR) is 68.0 cm³/mol. The van der Waals surface area contributed by atoms with Gasteiger partial charge in [0.15, 0.2) is 0 Å². The van der Waals surface area contributed by atoms with E-state index in [1.807, 2.05) is 6.92 Å². The largest absolute Gasteiger partial charge is 0.398 e. The van der Waals surface area contributed by atoms with Gasteiger partial charge in [-0.25, -0.2) is 17.5 Å². The van der Waals surface area contributed by atoms with Gasteiger partial charge in [0.2, 0.25) is 10.0 Å². The topological polar surface area (TPSA) is 72.2 Å². The van der Waals surface area contributed by atoms with Crippen LogP contribution in [0.25, 0.3) is 0 Å². The van der Waals surface area contributed by atoms with E-state index in [1.165, 1.54) is 6.07 Å². The first-order chi connectivity index (χ1) is 8.32. The quantitative estimate of drug-likeness (QED) is 0.827. The van der Waals surface area contributed by atoms with Gasteiger partial charge in [0.1, 0.15) is 10.7 Å². The molecule has 18 heavy (non-hydrogen) atoms. The van der Waals surface area contributed by atoms with Crippen LogP contribution in [-0.4, -0.2) is 14.0 Å². The maximum Gasteiger partial charge on any atom is 0.243 e. The van der Waals surface area contributed by atoms with Crippen molar-refractivity contribution in [2.24, 2.45) is 0 Å². The molecule has 0 bridgehead atoms. The molecule has 1 aromatic rings. The van der Waals surface area contributed by atoms with Crippen LogP contribution in [0.2, 0.25) is 0 Å². The summed E-state index contributed by atoms with van der Waals surface area (Å²) >= 11 is 0. The van der Waals surface area contributed by atoms with E-state index in [0.717, 1.165) is 37.8 Å². The second-order valence-corrected chi connectivity index (χ2v) is 6.71. The number of sulfonamides is 1. The number of nitrogens with two attached hydrogens (primary N) is 1. The second kappa shape index (κ2) is 4.51. The highest BCUT2D eigenvalue weighted by Crippen LogP contribution is 2.31. The van der Waals surface area contributed by atoms with Crippen LogP contribution >= 0.6 is 0 Å². The van der Waals surface area contributed by atoms with Crippen molar-refractivity contribution in [3.8, 4) is 0 Å². The van der Waals surface area contributed by atoms with Gasteiger partial charge in [-0.2, -0.15) is 0 Å². The normalized spacial score (nSPS) is 19.0. The lowest BCUT2D eigenvalue weighted by molar-refractivity contribution is 0.427. The molecule has 4 nitrogen and oxygen atoms in total. The Hall–Kier alpha value is -1.14. The van der Waals surface area contributed by atoms with E-state index < -0.39 is 21.4 Å². The average Bonchev–Trinajstić information content (AvgIpc) is 2.62. The molecule has 100 valence electrons. The Bertz CT molecular complexity index is 551. The highest BCUT2D eigenvalue weighted by atomic mass is 32.2. The Balaban J connectivity index is 2.30. The molecule has 0 atom stereocenters. The van der Waals surface area contributed by atoms with Crippen molar-refractivity contribution in [2.75, 3.05) is 5.73 Å². The monoisotopic (exact) mass is 272 g/mol. The van der Waals surface area contributed by atoms with Gasteiger partial charge in [-0.1, -0.05) is 12.8 Å². The van der Waals surface area contributed by atoms with Gasteiger partial charge in [0.05, 0.1) is 5.69 Å². The molecule has 0 aromatic heterocycles. The Kier molecular flexibility index (Phi) is 3.33. The molecular formula is C12H17FN2O2S. The predicted octanol–water partition coefficient (Wildman–Crippen LogP) is 2.02. The van der Waals surface area contributed by atoms with Crippen LogP contribution in [-0.2, 0) is 10.0 Å². The Morgan fingerprint density at radius 2 is 1.94 bits per heavy atom. The zero-order valence-corrected chi connectivity index (χ0v) is 11.1. The molecule has 3 N–H and O–H groups in total. The third-order valence-electron chi connectivity index (χ3n) is 3.35. The fraction of sp³-hybridized carbons (Fsp3) is 0.500. The molecular weight excluding hydrogens is 255 g/mol. The van der Waals surface area contributed by atoms with Crippen molar-refractivity contribution >= 4 is 15.7 Å². The molecule has 0 spiro atoms. The summed E-state index contributed by atoms with van der Waals surface area (Å²) < 4.78 is 40.0. The summed E-state index contributed by atoms with van der Waals surface area (Å²) in [7, 11) is -3.69. The lowest BCUT2D eigenvalue weighted by Crippen LogP contribution is -2.43. The van der Waals surface area contributed by atoms with Crippen molar-refractivity contribution in [1.82, 2.24) is 4.72 Å². The second-order valence-electron chi connectivity index (χ2n) is 5.06. The standard InChI is InChI=1S/C12H17FN2O2S/c1-12(6-2-3-7-12)15-18(16,17)11-5-4-9(13)8-10(11)14/h4-5,8,15H,2-3,6-7,14H2,1H3. The summed E-state index contributed by atoms with van der Waals surface area (Å²) in [5, 5.41) is 0. The third-order valence-corrected chi connectivity index (χ3v) is 5.06. The Labute approximate surface area is 106 Å². The molecule has 6 heteroatoms. The zero-order valence-electron chi connectivity index (χ0n) is 10.2. The van der Waals surface area contributed by atoms with Crippen LogP contribution in [0.5, 0.6) is 0 Å². The van der Waals surface area contributed by atoms with Gasteiger partial charge in [0.25, 0.3) is 0 Å². The molecule has 1 fully saturated rings. The lowest BCUT2D eigenvalue weighted by atomic mass is 10.0. The summed E-state index contributed by atoms with van der Waals surface area (Å²) in [4.78, 5) is -0.0583. The molecule has 2 rings (SSSR count). The molecule has 0 saturated heterocycles. The third kappa shape index (κ3) is 2.64. The van der Waals surface area contributed by atoms with Crippen LogP contribution < -0.4 is 10.5 Å². The van der Waals surface area contributed by atoms with Crippen molar-refractivity contribution in [3.63, 3.8) is 0 Å². The SMILES string of the molecule is CC1(NS(=O)(=O)c2ccc(F)cc2N)CCCC1. The summed E-state index contributed by atoms with van der Waals surface area (Å²) in [6.07, 6.45) is 3.65. The first-order valence-electron chi connectivity index (χ1n) is 5.91. The average molecular weight is 272 g/mol. The highest BCUT2D eigenvalue weighted by molar-refractivity contribution is 7.89. The minimum Gasteiger partial charge on any atom is -0.398 e. The van der Waals surface area contributed by atoms with Gasteiger partial charge in [-0.3, -0.25) is 0 Å². The molecule has 0 heterocycles. The number of anilines is 1. The maximum atomic E-state index is 12.9. The van der Waals surface area contributed by atoms with Crippen molar-refractivity contribution in [2.45, 2.75) is 43.0 Å². The summed E-state index contributed by atoms with van der Waals surface area (Å²) in [6.45, 7) is 1.89. The van der Waals surface area contributed by atoms with Crippen LogP contribution in [0.15, 0.2) is 23.1 Å². The number of rotatable bonds is 3. The molecule has 0 radical (unpaired) electrons. The summed E-state index contributed by atoms with van der Waals surface area (Å²) in [6, 6.07) is 3.32. The first kappa shape index (κ1) is 13.3. The Morgan fingerprint density at radius 1 is 1.33 bits per heavy atom. The number of nitrogen functional groups attached to an aromatic ring is 1. The number of hydrogen-bond acceptors (Lipinski definition) is 3. The van der Waals surface area contributed by atoms with Crippen LogP contribution in [0.4, 0.5) is 10.1 Å². The van der Waals surface area contributed by atoms with E-state index in [0.29, 0.717) is 0 Å². The van der Waals surface area contributed by atoms with Gasteiger partial charge in [-0.15, -0.1) is 0 Å². The van der Waals surface area contributed by atoms with Crippen molar-refractivity contribution < 1.29 is 12.8 Å². The van der Waals surface area contributed by atoms with Gasteiger partial charge in [0, 0.05) is 5.54 Å². The highest BCUT2D eigenvalue weighted by Gasteiger charge is 2.34. The van der Waals surface area contributed by atoms with Crippen molar-refractivity contribution in [3.05, 3.63) is 24.0 Å². The molecule has 0 aliphatic heterocycles. The van der Waals surface area contributed by atoms with Crippen LogP contribution in [0, 0.1) is 5.82 Å². The number of nitrogens with one attached hydrogen (secondary N) is 1. The molecule has 1 saturated carbocycles. The maximum absolute atomic E-state index is 12.9. The van der Waals surface area contributed by atoms with E-state index in [1.54, 1.807) is 0 Å². The smallest absolute Gasteiger partial charge is 0.243 e. The number of hydrogen-bond donors (Lipinski definition) is 2. The molecule has 0 amide bonds. The minimum atomic E-state index is -3.69.